The number of rotatable bonds is 13. The van der Waals surface area contributed by atoms with Crippen LogP contribution in [0.4, 0.5) is 10.7 Å². The van der Waals surface area contributed by atoms with Gasteiger partial charge < -0.3 is 35.3 Å². The lowest BCUT2D eigenvalue weighted by atomic mass is 10.1. The lowest BCUT2D eigenvalue weighted by molar-refractivity contribution is -0.145. The van der Waals surface area contributed by atoms with Crippen LogP contribution in [0.3, 0.4) is 0 Å². The van der Waals surface area contributed by atoms with Gasteiger partial charge in [0.05, 0.1) is 18.7 Å². The van der Waals surface area contributed by atoms with Gasteiger partial charge >= 0.3 is 12.1 Å². The number of esters is 1. The van der Waals surface area contributed by atoms with Crippen molar-refractivity contribution >= 4 is 23.9 Å². The molecular weight excluding hydrogens is 494 g/mol. The van der Waals surface area contributed by atoms with E-state index in [2.05, 4.69) is 25.9 Å². The Kier molecular flexibility index (Phi) is 10.7. The number of phenols is 1. The van der Waals surface area contributed by atoms with Crippen molar-refractivity contribution in [1.29, 1.82) is 0 Å². The molecule has 0 saturated carbocycles. The zero-order chi connectivity index (χ0) is 27.2. The van der Waals surface area contributed by atoms with Gasteiger partial charge in [0.15, 0.2) is 0 Å². The summed E-state index contributed by atoms with van der Waals surface area (Å²) in [6, 6.07) is 13.7. The summed E-state index contributed by atoms with van der Waals surface area (Å²) in [4.78, 5) is 45.2. The molecule has 0 radical (unpaired) electrons. The largest absolute Gasteiger partial charge is 0.507 e. The van der Waals surface area contributed by atoms with Crippen LogP contribution >= 0.6 is 0 Å². The van der Waals surface area contributed by atoms with Crippen molar-refractivity contribution in [3.8, 4) is 11.5 Å². The van der Waals surface area contributed by atoms with E-state index in [0.717, 1.165) is 5.56 Å². The maximum absolute atomic E-state index is 12.6. The summed E-state index contributed by atoms with van der Waals surface area (Å²) >= 11 is 0. The number of carbonyl (C=O) groups excluding carboxylic acids is 3. The number of ether oxygens (including phenoxy) is 3. The van der Waals surface area contributed by atoms with Crippen LogP contribution in [-0.2, 0) is 20.9 Å². The maximum atomic E-state index is 12.6. The monoisotopic (exact) mass is 523 g/mol. The molecule has 0 aliphatic heterocycles. The summed E-state index contributed by atoms with van der Waals surface area (Å²) in [5, 5.41) is 18.2. The summed E-state index contributed by atoms with van der Waals surface area (Å²) in [6.45, 7) is 2.10. The van der Waals surface area contributed by atoms with Crippen LogP contribution in [0.1, 0.15) is 22.8 Å². The third-order valence-corrected chi connectivity index (χ3v) is 4.98. The van der Waals surface area contributed by atoms with Crippen molar-refractivity contribution in [1.82, 2.24) is 20.6 Å². The van der Waals surface area contributed by atoms with Crippen LogP contribution in [0.2, 0.25) is 0 Å². The van der Waals surface area contributed by atoms with Crippen LogP contribution in [0.15, 0.2) is 67.0 Å². The van der Waals surface area contributed by atoms with Crippen molar-refractivity contribution in [2.45, 2.75) is 19.6 Å². The Morgan fingerprint density at radius 3 is 2.47 bits per heavy atom. The molecule has 1 aromatic heterocycles. The highest BCUT2D eigenvalue weighted by Crippen LogP contribution is 2.23. The van der Waals surface area contributed by atoms with Gasteiger partial charge in [0.2, 0.25) is 5.95 Å². The van der Waals surface area contributed by atoms with Gasteiger partial charge in [-0.25, -0.2) is 19.6 Å². The molecule has 1 atom stereocenters. The summed E-state index contributed by atoms with van der Waals surface area (Å²) in [5.41, 5.74) is 0.732. The number of hydrogen-bond donors (Lipinski definition) is 4. The number of alkyl carbamates (subject to hydrolysis) is 1. The average molecular weight is 524 g/mol. The third kappa shape index (κ3) is 8.97. The molecule has 0 saturated heterocycles. The van der Waals surface area contributed by atoms with Crippen molar-refractivity contribution in [2.75, 3.05) is 31.6 Å². The van der Waals surface area contributed by atoms with E-state index in [4.69, 9.17) is 14.2 Å². The highest BCUT2D eigenvalue weighted by atomic mass is 16.6. The van der Waals surface area contributed by atoms with E-state index in [-0.39, 0.29) is 37.7 Å². The molecule has 1 heterocycles. The summed E-state index contributed by atoms with van der Waals surface area (Å²) in [5.74, 6) is -0.909. The molecule has 12 nitrogen and oxygen atoms in total. The van der Waals surface area contributed by atoms with E-state index in [9.17, 15) is 19.5 Å². The topological polar surface area (TPSA) is 161 Å². The van der Waals surface area contributed by atoms with Crippen LogP contribution in [0.5, 0.6) is 11.5 Å². The van der Waals surface area contributed by atoms with Crippen LogP contribution < -0.4 is 20.7 Å². The first-order chi connectivity index (χ1) is 18.5. The Bertz CT molecular complexity index is 1200. The molecule has 1 unspecified atom stereocenters. The number of nitrogens with one attached hydrogen (secondary N) is 3. The van der Waals surface area contributed by atoms with Gasteiger partial charge in [0, 0.05) is 25.0 Å². The van der Waals surface area contributed by atoms with Crippen molar-refractivity contribution in [2.24, 2.45) is 0 Å². The number of aromatic hydroxyl groups is 1. The average Bonchev–Trinajstić information content (AvgIpc) is 2.93. The second kappa shape index (κ2) is 14.6. The molecule has 0 aliphatic carbocycles. The highest BCUT2D eigenvalue weighted by molar-refractivity contribution is 5.97. The molecule has 0 fully saturated rings. The predicted molar refractivity (Wildman–Crippen MR) is 137 cm³/mol. The standard InChI is InChI=1S/C26H29N5O7/c1-2-36-24(34)21(31-26(35)38-17-18-7-4-3-5-8-18)16-30-23(33)20-10-9-19(15-22(20)32)37-14-13-29-25-27-11-6-12-28-25/h3-12,15,21,32H,2,13-14,16-17H2,1H3,(H,30,33)(H,31,35)(H,27,28,29). The molecule has 200 valence electrons. The molecule has 4 N–H and O–H groups in total. The summed E-state index contributed by atoms with van der Waals surface area (Å²) < 4.78 is 15.7. The first-order valence-corrected chi connectivity index (χ1v) is 11.8. The molecule has 2 amide bonds. The summed E-state index contributed by atoms with van der Waals surface area (Å²) in [7, 11) is 0. The number of carbonyl (C=O) groups is 3. The fourth-order valence-electron chi connectivity index (χ4n) is 3.15. The molecule has 0 spiro atoms. The van der Waals surface area contributed by atoms with Gasteiger partial charge in [-0.15, -0.1) is 0 Å². The number of amides is 2. The van der Waals surface area contributed by atoms with Gasteiger partial charge in [0.25, 0.3) is 5.91 Å². The molecule has 0 bridgehead atoms. The summed E-state index contributed by atoms with van der Waals surface area (Å²) in [6.07, 6.45) is 2.38. The molecule has 3 aromatic rings. The lowest BCUT2D eigenvalue weighted by Crippen LogP contribution is -2.49. The minimum atomic E-state index is -1.20. The Morgan fingerprint density at radius 2 is 1.76 bits per heavy atom. The van der Waals surface area contributed by atoms with E-state index >= 15 is 0 Å². The Hall–Kier alpha value is -4.87. The number of hydrogen-bond acceptors (Lipinski definition) is 10. The third-order valence-electron chi connectivity index (χ3n) is 4.98. The fraction of sp³-hybridized carbons (Fsp3) is 0.269. The molecular formula is C26H29N5O7. The Morgan fingerprint density at radius 1 is 1.00 bits per heavy atom. The van der Waals surface area contributed by atoms with E-state index in [1.54, 1.807) is 49.6 Å². The Balaban J connectivity index is 1.49. The SMILES string of the molecule is CCOC(=O)C(CNC(=O)c1ccc(OCCNc2ncccn2)cc1O)NC(=O)OCc1ccccc1. The van der Waals surface area contributed by atoms with E-state index in [1.807, 2.05) is 6.07 Å². The van der Waals surface area contributed by atoms with Crippen LogP contribution in [0.25, 0.3) is 0 Å². The minimum absolute atomic E-state index is 0.00691. The molecule has 3 rings (SSSR count). The van der Waals surface area contributed by atoms with E-state index in [0.29, 0.717) is 18.2 Å². The smallest absolute Gasteiger partial charge is 0.408 e. The zero-order valence-corrected chi connectivity index (χ0v) is 20.8. The quantitative estimate of drug-likeness (QED) is 0.193. The fourth-order valence-corrected chi connectivity index (χ4v) is 3.15. The minimum Gasteiger partial charge on any atom is -0.507 e. The number of aromatic nitrogens is 2. The van der Waals surface area contributed by atoms with Crippen molar-refractivity contribution in [3.63, 3.8) is 0 Å². The van der Waals surface area contributed by atoms with E-state index < -0.39 is 24.0 Å². The molecule has 38 heavy (non-hydrogen) atoms. The second-order valence-electron chi connectivity index (χ2n) is 7.75. The molecule has 0 aliphatic rings. The number of nitrogens with zero attached hydrogens (tertiary/aromatic N) is 2. The zero-order valence-electron chi connectivity index (χ0n) is 20.8. The van der Waals surface area contributed by atoms with Gasteiger partial charge in [-0.2, -0.15) is 0 Å². The van der Waals surface area contributed by atoms with Gasteiger partial charge in [-0.1, -0.05) is 30.3 Å². The van der Waals surface area contributed by atoms with Gasteiger partial charge in [-0.3, -0.25) is 4.79 Å². The van der Waals surface area contributed by atoms with Crippen LogP contribution in [0, 0.1) is 0 Å². The number of anilines is 1. The van der Waals surface area contributed by atoms with Crippen molar-refractivity contribution in [3.05, 3.63) is 78.1 Å². The molecule has 2 aromatic carbocycles. The first kappa shape index (κ1) is 27.7. The highest BCUT2D eigenvalue weighted by Gasteiger charge is 2.24. The van der Waals surface area contributed by atoms with Crippen molar-refractivity contribution < 1.29 is 33.7 Å². The molecule has 12 heteroatoms. The lowest BCUT2D eigenvalue weighted by Gasteiger charge is -2.18. The van der Waals surface area contributed by atoms with E-state index in [1.165, 1.54) is 18.2 Å². The number of phenolic OH excluding ortho intramolecular Hbond substituents is 1. The number of benzene rings is 2. The second-order valence-corrected chi connectivity index (χ2v) is 7.75. The normalized spacial score (nSPS) is 11.1. The van der Waals surface area contributed by atoms with Gasteiger partial charge in [-0.05, 0) is 30.7 Å². The predicted octanol–water partition coefficient (Wildman–Crippen LogP) is 2.26. The Labute approximate surface area is 219 Å². The van der Waals surface area contributed by atoms with Crippen LogP contribution in [-0.4, -0.2) is 65.4 Å². The first-order valence-electron chi connectivity index (χ1n) is 11.8. The van der Waals surface area contributed by atoms with Gasteiger partial charge in [0.1, 0.15) is 30.8 Å². The maximum Gasteiger partial charge on any atom is 0.408 e.